The van der Waals surface area contributed by atoms with Gasteiger partial charge in [0.15, 0.2) is 0 Å². The van der Waals surface area contributed by atoms with E-state index in [1.807, 2.05) is 0 Å². The van der Waals surface area contributed by atoms with Crippen molar-refractivity contribution >= 4 is 0 Å². The number of halogens is 1. The van der Waals surface area contributed by atoms with Gasteiger partial charge in [0, 0.05) is 5.92 Å². The summed E-state index contributed by atoms with van der Waals surface area (Å²) in [5.41, 5.74) is 0.786. The maximum atomic E-state index is 12.9. The van der Waals surface area contributed by atoms with Crippen LogP contribution in [0, 0.1) is 11.7 Å². The Morgan fingerprint density at radius 1 is 0.952 bits per heavy atom. The molecule has 1 aromatic rings. The minimum atomic E-state index is -2.68. The third-order valence-electron chi connectivity index (χ3n) is 3.85. The molecule has 0 saturated heterocycles. The highest BCUT2D eigenvalue weighted by Crippen LogP contribution is 2.24. The summed E-state index contributed by atoms with van der Waals surface area (Å²) in [6, 6.07) is 5.89. The van der Waals surface area contributed by atoms with Gasteiger partial charge >= 0.3 is 0 Å². The van der Waals surface area contributed by atoms with Gasteiger partial charge in [-0.3, -0.25) is 0 Å². The summed E-state index contributed by atoms with van der Waals surface area (Å²) in [6.07, 6.45) is 7.47. The van der Waals surface area contributed by atoms with Crippen LogP contribution in [0.25, 0.3) is 0 Å². The van der Waals surface area contributed by atoms with Gasteiger partial charge in [-0.15, -0.1) is 0 Å². The van der Waals surface area contributed by atoms with Gasteiger partial charge in [-0.25, -0.2) is 4.39 Å². The minimum Gasteiger partial charge on any atom is -0.343 e. The van der Waals surface area contributed by atoms with Crippen molar-refractivity contribution in [2.75, 3.05) is 0 Å². The first-order valence-corrected chi connectivity index (χ1v) is 7.85. The van der Waals surface area contributed by atoms with Crippen molar-refractivity contribution < 1.29 is 19.7 Å². The van der Waals surface area contributed by atoms with Crippen molar-refractivity contribution in [1.29, 1.82) is 0 Å². The molecule has 1 aromatic carbocycles. The molecule has 0 heterocycles. The molecule has 120 valence electrons. The van der Waals surface area contributed by atoms with Gasteiger partial charge in [-0.05, 0) is 30.5 Å². The fourth-order valence-electron chi connectivity index (χ4n) is 2.51. The molecule has 0 aromatic heterocycles. The van der Waals surface area contributed by atoms with Crippen molar-refractivity contribution in [3.05, 3.63) is 35.6 Å². The van der Waals surface area contributed by atoms with Crippen molar-refractivity contribution in [2.45, 2.75) is 64.3 Å². The molecule has 1 rings (SSSR count). The second-order valence-corrected chi connectivity index (χ2v) is 5.77. The van der Waals surface area contributed by atoms with E-state index in [4.69, 9.17) is 0 Å². The molecule has 21 heavy (non-hydrogen) atoms. The predicted octanol–water partition coefficient (Wildman–Crippen LogP) is 3.37. The van der Waals surface area contributed by atoms with Crippen LogP contribution in [0.5, 0.6) is 0 Å². The van der Waals surface area contributed by atoms with Crippen LogP contribution in [0.1, 0.15) is 57.4 Å². The van der Waals surface area contributed by atoms with Gasteiger partial charge in [0.05, 0.1) is 0 Å². The number of aliphatic hydroxyl groups is 3. The zero-order valence-electron chi connectivity index (χ0n) is 12.8. The highest BCUT2D eigenvalue weighted by atomic mass is 19.1. The van der Waals surface area contributed by atoms with Crippen molar-refractivity contribution in [3.63, 3.8) is 0 Å². The standard InChI is InChI=1S/C17H27FO3/c1-2-3-4-5-6-7-8-15(17(19,20)21)13-14-9-11-16(18)12-10-14/h9-12,15,19-21H,2-8,13H2,1H3. The number of hydrogen-bond donors (Lipinski definition) is 3. The average Bonchev–Trinajstić information content (AvgIpc) is 2.42. The van der Waals surface area contributed by atoms with E-state index in [0.717, 1.165) is 24.8 Å². The van der Waals surface area contributed by atoms with Crippen LogP contribution in [0.2, 0.25) is 0 Å². The van der Waals surface area contributed by atoms with E-state index < -0.39 is 11.9 Å². The fraction of sp³-hybridized carbons (Fsp3) is 0.647. The summed E-state index contributed by atoms with van der Waals surface area (Å²) in [7, 11) is 0. The number of benzene rings is 1. The molecule has 3 nitrogen and oxygen atoms in total. The van der Waals surface area contributed by atoms with E-state index in [-0.39, 0.29) is 5.82 Å². The van der Waals surface area contributed by atoms with Crippen LogP contribution < -0.4 is 0 Å². The lowest BCUT2D eigenvalue weighted by atomic mass is 9.91. The van der Waals surface area contributed by atoms with E-state index >= 15 is 0 Å². The molecule has 3 N–H and O–H groups in total. The van der Waals surface area contributed by atoms with Crippen LogP contribution in [0.3, 0.4) is 0 Å². The van der Waals surface area contributed by atoms with Gasteiger partial charge in [-0.1, -0.05) is 57.6 Å². The zero-order chi connectivity index (χ0) is 15.7. The Kier molecular flexibility index (Phi) is 7.86. The summed E-state index contributed by atoms with van der Waals surface area (Å²) in [6.45, 7) is 2.16. The molecule has 0 fully saturated rings. The van der Waals surface area contributed by atoms with Crippen LogP contribution >= 0.6 is 0 Å². The molecular weight excluding hydrogens is 271 g/mol. The second kappa shape index (κ2) is 9.13. The van der Waals surface area contributed by atoms with Crippen LogP contribution in [0.15, 0.2) is 24.3 Å². The maximum absolute atomic E-state index is 12.9. The van der Waals surface area contributed by atoms with Crippen LogP contribution in [-0.4, -0.2) is 21.3 Å². The minimum absolute atomic E-state index is 0.318. The van der Waals surface area contributed by atoms with Crippen LogP contribution in [-0.2, 0) is 6.42 Å². The van der Waals surface area contributed by atoms with Gasteiger partial charge in [0.1, 0.15) is 5.82 Å². The van der Waals surface area contributed by atoms with E-state index in [1.165, 1.54) is 31.4 Å². The first kappa shape index (κ1) is 18.1. The molecule has 4 heteroatoms. The van der Waals surface area contributed by atoms with Crippen molar-refractivity contribution in [1.82, 2.24) is 0 Å². The molecular formula is C17H27FO3. The Morgan fingerprint density at radius 3 is 2.10 bits per heavy atom. The largest absolute Gasteiger partial charge is 0.343 e. The van der Waals surface area contributed by atoms with Gasteiger partial charge in [-0.2, -0.15) is 0 Å². The lowest BCUT2D eigenvalue weighted by Gasteiger charge is -2.26. The van der Waals surface area contributed by atoms with Crippen molar-refractivity contribution in [3.8, 4) is 0 Å². The highest BCUT2D eigenvalue weighted by Gasteiger charge is 2.31. The third kappa shape index (κ3) is 7.55. The van der Waals surface area contributed by atoms with Crippen molar-refractivity contribution in [2.24, 2.45) is 5.92 Å². The van der Waals surface area contributed by atoms with E-state index in [9.17, 15) is 19.7 Å². The summed E-state index contributed by atoms with van der Waals surface area (Å²) < 4.78 is 12.9. The SMILES string of the molecule is CCCCCCCCC(Cc1ccc(F)cc1)C(O)(O)O. The third-order valence-corrected chi connectivity index (χ3v) is 3.85. The lowest BCUT2D eigenvalue weighted by molar-refractivity contribution is -0.342. The average molecular weight is 298 g/mol. The summed E-state index contributed by atoms with van der Waals surface area (Å²) in [4.78, 5) is 0. The monoisotopic (exact) mass is 298 g/mol. The first-order valence-electron chi connectivity index (χ1n) is 7.85. The van der Waals surface area contributed by atoms with Gasteiger partial charge in [0.25, 0.3) is 5.97 Å². The molecule has 0 aliphatic heterocycles. The summed E-state index contributed by atoms with van der Waals surface area (Å²) in [5.74, 6) is -3.67. The normalized spacial score (nSPS) is 13.4. The molecule has 0 radical (unpaired) electrons. The Labute approximate surface area is 126 Å². The maximum Gasteiger partial charge on any atom is 0.278 e. The predicted molar refractivity (Wildman–Crippen MR) is 81.0 cm³/mol. The van der Waals surface area contributed by atoms with Gasteiger partial charge in [0.2, 0.25) is 0 Å². The molecule has 1 unspecified atom stereocenters. The molecule has 0 aliphatic carbocycles. The topological polar surface area (TPSA) is 60.7 Å². The molecule has 0 aliphatic rings. The Morgan fingerprint density at radius 2 is 1.52 bits per heavy atom. The molecule has 0 saturated carbocycles. The molecule has 0 spiro atoms. The van der Waals surface area contributed by atoms with E-state index in [0.29, 0.717) is 12.8 Å². The Hall–Kier alpha value is -0.970. The number of hydrogen-bond acceptors (Lipinski definition) is 3. The second-order valence-electron chi connectivity index (χ2n) is 5.77. The zero-order valence-corrected chi connectivity index (χ0v) is 12.8. The summed E-state index contributed by atoms with van der Waals surface area (Å²) in [5, 5.41) is 28.4. The highest BCUT2D eigenvalue weighted by molar-refractivity contribution is 5.16. The first-order chi connectivity index (χ1) is 9.93. The molecule has 0 amide bonds. The quantitative estimate of drug-likeness (QED) is 0.458. The number of unbranched alkanes of at least 4 members (excludes halogenated alkanes) is 5. The van der Waals surface area contributed by atoms with Crippen LogP contribution in [0.4, 0.5) is 4.39 Å². The Balaban J connectivity index is 2.43. The lowest BCUT2D eigenvalue weighted by Crippen LogP contribution is -2.38. The molecule has 1 atom stereocenters. The summed E-state index contributed by atoms with van der Waals surface area (Å²) >= 11 is 0. The fourth-order valence-corrected chi connectivity index (χ4v) is 2.51. The van der Waals surface area contributed by atoms with E-state index in [2.05, 4.69) is 6.92 Å². The Bertz CT molecular complexity index is 384. The molecule has 0 bridgehead atoms. The van der Waals surface area contributed by atoms with Gasteiger partial charge < -0.3 is 15.3 Å². The smallest absolute Gasteiger partial charge is 0.278 e. The van der Waals surface area contributed by atoms with E-state index in [1.54, 1.807) is 12.1 Å². The number of rotatable bonds is 10.